The molecule has 0 saturated carbocycles. The van der Waals surface area contributed by atoms with Crippen LogP contribution < -0.4 is 19.6 Å². The predicted molar refractivity (Wildman–Crippen MR) is 101 cm³/mol. The van der Waals surface area contributed by atoms with E-state index in [1.807, 2.05) is 44.2 Å². The molecule has 0 radical (unpaired) electrons. The average Bonchev–Trinajstić information content (AvgIpc) is 2.64. The molecule has 0 aromatic heterocycles. The molecule has 2 aromatic rings. The van der Waals surface area contributed by atoms with E-state index in [0.29, 0.717) is 23.9 Å². The highest BCUT2D eigenvalue weighted by molar-refractivity contribution is 5.84. The van der Waals surface area contributed by atoms with Crippen LogP contribution in [-0.4, -0.2) is 31.9 Å². The molecule has 0 heterocycles. The predicted octanol–water partition coefficient (Wildman–Crippen LogP) is 3.32. The molecule has 1 N–H and O–H groups in total. The zero-order valence-electron chi connectivity index (χ0n) is 15.5. The second-order valence-corrected chi connectivity index (χ2v) is 5.65. The van der Waals surface area contributed by atoms with Gasteiger partial charge in [-0.1, -0.05) is 17.7 Å². The number of nitrogens with one attached hydrogen (secondary N) is 1. The first kappa shape index (κ1) is 19.3. The van der Waals surface area contributed by atoms with Gasteiger partial charge in [0.2, 0.25) is 0 Å². The minimum atomic E-state index is -0.662. The molecule has 0 aliphatic heterocycles. The van der Waals surface area contributed by atoms with Gasteiger partial charge in [-0.05, 0) is 56.7 Å². The Bertz CT molecular complexity index is 757. The number of ether oxygens (including phenoxy) is 3. The zero-order valence-corrected chi connectivity index (χ0v) is 15.5. The minimum absolute atomic E-state index is 0.334. The van der Waals surface area contributed by atoms with Gasteiger partial charge < -0.3 is 14.2 Å². The topological polar surface area (TPSA) is 69.2 Å². The number of carbonyl (C=O) groups excluding carboxylic acids is 1. The minimum Gasteiger partial charge on any atom is -0.493 e. The smallest absolute Gasteiger partial charge is 0.280 e. The van der Waals surface area contributed by atoms with Crippen molar-refractivity contribution in [2.75, 3.05) is 13.7 Å². The summed E-state index contributed by atoms with van der Waals surface area (Å²) in [5.41, 5.74) is 4.38. The Kier molecular flexibility index (Phi) is 7.02. The van der Waals surface area contributed by atoms with Crippen LogP contribution in [0.3, 0.4) is 0 Å². The number of hydrogen-bond donors (Lipinski definition) is 1. The highest BCUT2D eigenvalue weighted by Gasteiger charge is 2.13. The van der Waals surface area contributed by atoms with Gasteiger partial charge in [-0.3, -0.25) is 4.79 Å². The third kappa shape index (κ3) is 5.51. The fourth-order valence-electron chi connectivity index (χ4n) is 2.18. The molecule has 1 unspecified atom stereocenters. The van der Waals surface area contributed by atoms with Crippen molar-refractivity contribution in [3.8, 4) is 17.2 Å². The maximum atomic E-state index is 12.1. The number of methoxy groups -OCH3 is 1. The first-order chi connectivity index (χ1) is 12.5. The van der Waals surface area contributed by atoms with E-state index in [1.54, 1.807) is 26.2 Å². The van der Waals surface area contributed by atoms with Crippen LogP contribution in [0.2, 0.25) is 0 Å². The van der Waals surface area contributed by atoms with E-state index < -0.39 is 6.10 Å². The average molecular weight is 356 g/mol. The molecule has 0 aliphatic carbocycles. The molecule has 0 bridgehead atoms. The summed E-state index contributed by atoms with van der Waals surface area (Å²) in [6.45, 7) is 6.12. The van der Waals surface area contributed by atoms with Gasteiger partial charge >= 0.3 is 0 Å². The van der Waals surface area contributed by atoms with Crippen molar-refractivity contribution in [1.29, 1.82) is 0 Å². The van der Waals surface area contributed by atoms with E-state index in [9.17, 15) is 4.79 Å². The fourth-order valence-corrected chi connectivity index (χ4v) is 2.18. The van der Waals surface area contributed by atoms with Crippen LogP contribution in [0.25, 0.3) is 0 Å². The normalized spacial score (nSPS) is 11.8. The summed E-state index contributed by atoms with van der Waals surface area (Å²) in [6.07, 6.45) is 0.874. The van der Waals surface area contributed by atoms with Crippen LogP contribution in [0.4, 0.5) is 0 Å². The van der Waals surface area contributed by atoms with Crippen molar-refractivity contribution in [2.45, 2.75) is 26.9 Å². The Labute approximate surface area is 153 Å². The molecular weight excluding hydrogens is 332 g/mol. The zero-order chi connectivity index (χ0) is 18.9. The molecule has 6 nitrogen and oxygen atoms in total. The Morgan fingerprint density at radius 2 is 1.92 bits per heavy atom. The molecule has 138 valence electrons. The van der Waals surface area contributed by atoms with Crippen molar-refractivity contribution >= 4 is 12.1 Å². The van der Waals surface area contributed by atoms with Gasteiger partial charge in [0, 0.05) is 0 Å². The maximum Gasteiger partial charge on any atom is 0.280 e. The standard InChI is InChI=1S/C20H24N2O4/c1-5-25-18-11-8-16(12-19(18)24-4)13-21-22-20(23)15(3)26-17-9-6-14(2)7-10-17/h6-13,15H,5H2,1-4H3,(H,22,23). The van der Waals surface area contributed by atoms with Gasteiger partial charge in [-0.15, -0.1) is 0 Å². The van der Waals surface area contributed by atoms with Crippen LogP contribution in [0.15, 0.2) is 47.6 Å². The second-order valence-electron chi connectivity index (χ2n) is 5.65. The van der Waals surface area contributed by atoms with Gasteiger partial charge in [-0.2, -0.15) is 5.10 Å². The summed E-state index contributed by atoms with van der Waals surface area (Å²) in [5, 5.41) is 3.97. The molecule has 6 heteroatoms. The molecule has 26 heavy (non-hydrogen) atoms. The molecular formula is C20H24N2O4. The number of benzene rings is 2. The van der Waals surface area contributed by atoms with Gasteiger partial charge in [-0.25, -0.2) is 5.43 Å². The Morgan fingerprint density at radius 3 is 2.58 bits per heavy atom. The number of nitrogens with zero attached hydrogens (tertiary/aromatic N) is 1. The Hall–Kier alpha value is -3.02. The van der Waals surface area contributed by atoms with Crippen molar-refractivity contribution in [3.05, 3.63) is 53.6 Å². The number of hydrogen-bond acceptors (Lipinski definition) is 5. The van der Waals surface area contributed by atoms with E-state index in [4.69, 9.17) is 14.2 Å². The van der Waals surface area contributed by atoms with Crippen LogP contribution in [0, 0.1) is 6.92 Å². The van der Waals surface area contributed by atoms with Gasteiger partial charge in [0.15, 0.2) is 17.6 Å². The molecule has 0 spiro atoms. The van der Waals surface area contributed by atoms with E-state index >= 15 is 0 Å². The molecule has 0 aliphatic rings. The Morgan fingerprint density at radius 1 is 1.19 bits per heavy atom. The van der Waals surface area contributed by atoms with Crippen molar-refractivity contribution in [3.63, 3.8) is 0 Å². The van der Waals surface area contributed by atoms with E-state index in [1.165, 1.54) is 6.21 Å². The first-order valence-electron chi connectivity index (χ1n) is 8.40. The van der Waals surface area contributed by atoms with Crippen molar-refractivity contribution in [1.82, 2.24) is 5.43 Å². The third-order valence-electron chi connectivity index (χ3n) is 3.58. The summed E-state index contributed by atoms with van der Waals surface area (Å²) in [6, 6.07) is 12.9. The summed E-state index contributed by atoms with van der Waals surface area (Å²) in [5.74, 6) is 1.58. The molecule has 0 saturated heterocycles. The lowest BCUT2D eigenvalue weighted by Crippen LogP contribution is -2.33. The van der Waals surface area contributed by atoms with Crippen LogP contribution >= 0.6 is 0 Å². The SMILES string of the molecule is CCOc1ccc(C=NNC(=O)C(C)Oc2ccc(C)cc2)cc1OC. The lowest BCUT2D eigenvalue weighted by molar-refractivity contribution is -0.127. The summed E-state index contributed by atoms with van der Waals surface area (Å²) < 4.78 is 16.3. The van der Waals surface area contributed by atoms with E-state index in [2.05, 4.69) is 10.5 Å². The van der Waals surface area contributed by atoms with Gasteiger partial charge in [0.25, 0.3) is 5.91 Å². The van der Waals surface area contributed by atoms with Crippen molar-refractivity contribution in [2.24, 2.45) is 5.10 Å². The van der Waals surface area contributed by atoms with Crippen LogP contribution in [-0.2, 0) is 4.79 Å². The number of rotatable bonds is 8. The summed E-state index contributed by atoms with van der Waals surface area (Å²) in [7, 11) is 1.57. The molecule has 1 amide bonds. The second kappa shape index (κ2) is 9.46. The van der Waals surface area contributed by atoms with E-state index in [0.717, 1.165) is 11.1 Å². The molecule has 2 rings (SSSR count). The maximum absolute atomic E-state index is 12.1. The quantitative estimate of drug-likeness (QED) is 0.582. The first-order valence-corrected chi connectivity index (χ1v) is 8.40. The summed E-state index contributed by atoms with van der Waals surface area (Å²) >= 11 is 0. The molecule has 2 aromatic carbocycles. The van der Waals surface area contributed by atoms with Gasteiger partial charge in [0.1, 0.15) is 5.75 Å². The Balaban J connectivity index is 1.92. The van der Waals surface area contributed by atoms with E-state index in [-0.39, 0.29) is 5.91 Å². The number of aryl methyl sites for hydroxylation is 1. The monoisotopic (exact) mass is 356 g/mol. The summed E-state index contributed by atoms with van der Waals surface area (Å²) in [4.78, 5) is 12.1. The lowest BCUT2D eigenvalue weighted by atomic mass is 10.2. The number of carbonyl (C=O) groups is 1. The third-order valence-corrected chi connectivity index (χ3v) is 3.58. The lowest BCUT2D eigenvalue weighted by Gasteiger charge is -2.13. The highest BCUT2D eigenvalue weighted by atomic mass is 16.5. The highest BCUT2D eigenvalue weighted by Crippen LogP contribution is 2.27. The van der Waals surface area contributed by atoms with Crippen LogP contribution in [0.1, 0.15) is 25.0 Å². The molecule has 1 atom stereocenters. The molecule has 0 fully saturated rings. The fraction of sp³-hybridized carbons (Fsp3) is 0.300. The largest absolute Gasteiger partial charge is 0.493 e. The van der Waals surface area contributed by atoms with Crippen LogP contribution in [0.5, 0.6) is 17.2 Å². The number of hydrazone groups is 1. The van der Waals surface area contributed by atoms with Gasteiger partial charge in [0.05, 0.1) is 19.9 Å². The van der Waals surface area contributed by atoms with Crippen molar-refractivity contribution < 1.29 is 19.0 Å². The number of amides is 1.